The SMILES string of the molecule is CC1NCC(=O)N1C(C)C1CCCC1. The second kappa shape index (κ2) is 3.89. The summed E-state index contributed by atoms with van der Waals surface area (Å²) < 4.78 is 0. The molecule has 0 spiro atoms. The zero-order valence-corrected chi connectivity index (χ0v) is 9.12. The lowest BCUT2D eigenvalue weighted by Gasteiger charge is -2.32. The van der Waals surface area contributed by atoms with E-state index in [1.165, 1.54) is 25.7 Å². The quantitative estimate of drug-likeness (QED) is 0.723. The Morgan fingerprint density at radius 2 is 2.07 bits per heavy atom. The predicted molar refractivity (Wildman–Crippen MR) is 55.7 cm³/mol. The van der Waals surface area contributed by atoms with Gasteiger partial charge in [-0.2, -0.15) is 0 Å². The molecule has 2 atom stereocenters. The molecule has 3 heteroatoms. The maximum Gasteiger partial charge on any atom is 0.238 e. The van der Waals surface area contributed by atoms with Gasteiger partial charge >= 0.3 is 0 Å². The molecule has 2 unspecified atom stereocenters. The van der Waals surface area contributed by atoms with Crippen molar-refractivity contribution >= 4 is 5.91 Å². The molecule has 0 aromatic rings. The number of amides is 1. The molecule has 1 N–H and O–H groups in total. The van der Waals surface area contributed by atoms with Crippen LogP contribution in [0.1, 0.15) is 39.5 Å². The number of carbonyl (C=O) groups is 1. The van der Waals surface area contributed by atoms with E-state index < -0.39 is 0 Å². The van der Waals surface area contributed by atoms with Crippen LogP contribution < -0.4 is 5.32 Å². The summed E-state index contributed by atoms with van der Waals surface area (Å²) >= 11 is 0. The summed E-state index contributed by atoms with van der Waals surface area (Å²) in [7, 11) is 0. The average Bonchev–Trinajstić information content (AvgIpc) is 2.75. The summed E-state index contributed by atoms with van der Waals surface area (Å²) in [4.78, 5) is 13.7. The van der Waals surface area contributed by atoms with Gasteiger partial charge in [-0.25, -0.2) is 0 Å². The van der Waals surface area contributed by atoms with Crippen molar-refractivity contribution in [1.82, 2.24) is 10.2 Å². The van der Waals surface area contributed by atoms with E-state index in [0.717, 1.165) is 5.92 Å². The van der Waals surface area contributed by atoms with Crippen molar-refractivity contribution in [3.05, 3.63) is 0 Å². The van der Waals surface area contributed by atoms with Crippen LogP contribution in [0, 0.1) is 5.92 Å². The Morgan fingerprint density at radius 1 is 1.43 bits per heavy atom. The maximum absolute atomic E-state index is 11.6. The monoisotopic (exact) mass is 196 g/mol. The van der Waals surface area contributed by atoms with Gasteiger partial charge in [-0.3, -0.25) is 10.1 Å². The molecule has 1 saturated heterocycles. The molecule has 1 heterocycles. The van der Waals surface area contributed by atoms with Gasteiger partial charge in [-0.15, -0.1) is 0 Å². The third-order valence-electron chi connectivity index (χ3n) is 3.77. The van der Waals surface area contributed by atoms with Crippen LogP contribution in [0.15, 0.2) is 0 Å². The van der Waals surface area contributed by atoms with Crippen LogP contribution in [0.25, 0.3) is 0 Å². The summed E-state index contributed by atoms with van der Waals surface area (Å²) in [6.45, 7) is 4.81. The van der Waals surface area contributed by atoms with Crippen LogP contribution >= 0.6 is 0 Å². The molecule has 0 aromatic carbocycles. The highest BCUT2D eigenvalue weighted by Gasteiger charge is 2.35. The number of hydrogen-bond acceptors (Lipinski definition) is 2. The second-order valence-corrected chi connectivity index (χ2v) is 4.64. The largest absolute Gasteiger partial charge is 0.323 e. The highest BCUT2D eigenvalue weighted by Crippen LogP contribution is 2.31. The van der Waals surface area contributed by atoms with E-state index in [4.69, 9.17) is 0 Å². The molecule has 14 heavy (non-hydrogen) atoms. The van der Waals surface area contributed by atoms with Gasteiger partial charge < -0.3 is 4.90 Å². The topological polar surface area (TPSA) is 32.3 Å². The number of rotatable bonds is 2. The van der Waals surface area contributed by atoms with Gasteiger partial charge in [0.25, 0.3) is 0 Å². The molecule has 0 bridgehead atoms. The molecular weight excluding hydrogens is 176 g/mol. The first kappa shape index (κ1) is 9.97. The molecule has 1 amide bonds. The van der Waals surface area contributed by atoms with Crippen molar-refractivity contribution in [3.63, 3.8) is 0 Å². The third-order valence-corrected chi connectivity index (χ3v) is 3.77. The number of hydrogen-bond donors (Lipinski definition) is 1. The van der Waals surface area contributed by atoms with Crippen molar-refractivity contribution in [3.8, 4) is 0 Å². The Labute approximate surface area is 85.8 Å². The fourth-order valence-corrected chi connectivity index (χ4v) is 2.89. The van der Waals surface area contributed by atoms with Gasteiger partial charge in [0.2, 0.25) is 5.91 Å². The van der Waals surface area contributed by atoms with E-state index in [1.807, 2.05) is 4.90 Å². The molecule has 1 aliphatic heterocycles. The Bertz CT molecular complexity index is 223. The lowest BCUT2D eigenvalue weighted by molar-refractivity contribution is -0.130. The zero-order chi connectivity index (χ0) is 10.1. The highest BCUT2D eigenvalue weighted by atomic mass is 16.2. The predicted octanol–water partition coefficient (Wildman–Crippen LogP) is 1.34. The van der Waals surface area contributed by atoms with Crippen molar-refractivity contribution in [2.75, 3.05) is 6.54 Å². The van der Waals surface area contributed by atoms with Gasteiger partial charge in [0.15, 0.2) is 0 Å². The Kier molecular flexibility index (Phi) is 2.77. The molecular formula is C11H20N2O. The van der Waals surface area contributed by atoms with E-state index in [0.29, 0.717) is 12.6 Å². The molecule has 80 valence electrons. The van der Waals surface area contributed by atoms with Crippen LogP contribution in [0.4, 0.5) is 0 Å². The minimum Gasteiger partial charge on any atom is -0.323 e. The van der Waals surface area contributed by atoms with Gasteiger partial charge in [-0.05, 0) is 32.6 Å². The number of nitrogens with zero attached hydrogens (tertiary/aromatic N) is 1. The molecule has 2 fully saturated rings. The molecule has 1 saturated carbocycles. The Balaban J connectivity index is 2.01. The third kappa shape index (κ3) is 1.65. The van der Waals surface area contributed by atoms with Gasteiger partial charge in [0.05, 0.1) is 12.7 Å². The van der Waals surface area contributed by atoms with Crippen molar-refractivity contribution in [2.24, 2.45) is 5.92 Å². The summed E-state index contributed by atoms with van der Waals surface area (Å²) in [5.74, 6) is 1.01. The van der Waals surface area contributed by atoms with Crippen molar-refractivity contribution < 1.29 is 4.79 Å². The average molecular weight is 196 g/mol. The van der Waals surface area contributed by atoms with E-state index in [2.05, 4.69) is 19.2 Å². The molecule has 3 nitrogen and oxygen atoms in total. The smallest absolute Gasteiger partial charge is 0.238 e. The summed E-state index contributed by atoms with van der Waals surface area (Å²) in [5, 5.41) is 3.20. The summed E-state index contributed by atoms with van der Waals surface area (Å²) in [6.07, 6.45) is 5.53. The molecule has 0 aromatic heterocycles. The molecule has 0 radical (unpaired) electrons. The van der Waals surface area contributed by atoms with Crippen molar-refractivity contribution in [2.45, 2.75) is 51.7 Å². The van der Waals surface area contributed by atoms with Crippen LogP contribution in [-0.4, -0.2) is 29.6 Å². The van der Waals surface area contributed by atoms with Crippen LogP contribution in [0.5, 0.6) is 0 Å². The lowest BCUT2D eigenvalue weighted by atomic mass is 9.98. The van der Waals surface area contributed by atoms with Crippen LogP contribution in [0.3, 0.4) is 0 Å². The number of carbonyl (C=O) groups excluding carboxylic acids is 1. The zero-order valence-electron chi connectivity index (χ0n) is 9.12. The Hall–Kier alpha value is -0.570. The second-order valence-electron chi connectivity index (χ2n) is 4.64. The highest BCUT2D eigenvalue weighted by molar-refractivity contribution is 5.80. The normalized spacial score (nSPS) is 31.4. The molecule has 2 rings (SSSR count). The van der Waals surface area contributed by atoms with E-state index in [9.17, 15) is 4.79 Å². The lowest BCUT2D eigenvalue weighted by Crippen LogP contribution is -2.44. The van der Waals surface area contributed by atoms with Gasteiger partial charge in [-0.1, -0.05) is 12.8 Å². The fraction of sp³-hybridized carbons (Fsp3) is 0.909. The van der Waals surface area contributed by atoms with Crippen molar-refractivity contribution in [1.29, 1.82) is 0 Å². The molecule has 1 aliphatic carbocycles. The number of nitrogens with one attached hydrogen (secondary N) is 1. The minimum absolute atomic E-state index is 0.234. The van der Waals surface area contributed by atoms with Gasteiger partial charge in [0, 0.05) is 6.04 Å². The molecule has 2 aliphatic rings. The van der Waals surface area contributed by atoms with E-state index in [-0.39, 0.29) is 12.1 Å². The van der Waals surface area contributed by atoms with Gasteiger partial charge in [0.1, 0.15) is 0 Å². The maximum atomic E-state index is 11.6. The first-order valence-electron chi connectivity index (χ1n) is 5.74. The van der Waals surface area contributed by atoms with E-state index in [1.54, 1.807) is 0 Å². The van der Waals surface area contributed by atoms with E-state index >= 15 is 0 Å². The Morgan fingerprint density at radius 3 is 2.57 bits per heavy atom. The first-order chi connectivity index (χ1) is 6.70. The standard InChI is InChI=1S/C11H20N2O/c1-8(10-5-3-4-6-10)13-9(2)12-7-11(13)14/h8-10,12H,3-7H2,1-2H3. The van der Waals surface area contributed by atoms with Crippen LogP contribution in [-0.2, 0) is 4.79 Å². The minimum atomic E-state index is 0.234. The summed E-state index contributed by atoms with van der Waals surface area (Å²) in [6, 6.07) is 0.426. The van der Waals surface area contributed by atoms with Crippen LogP contribution in [0.2, 0.25) is 0 Å². The summed E-state index contributed by atoms with van der Waals surface area (Å²) in [5.41, 5.74) is 0. The first-order valence-corrected chi connectivity index (χ1v) is 5.74. The fourth-order valence-electron chi connectivity index (χ4n) is 2.89.